The van der Waals surface area contributed by atoms with Gasteiger partial charge in [-0.3, -0.25) is 4.79 Å². The van der Waals surface area contributed by atoms with Gasteiger partial charge < -0.3 is 10.2 Å². The quantitative estimate of drug-likeness (QED) is 0.843. The lowest BCUT2D eigenvalue weighted by molar-refractivity contribution is -0.117. The number of carbonyl (C=O) groups excluding carboxylic acids is 1. The molecule has 0 atom stereocenters. The van der Waals surface area contributed by atoms with Crippen molar-refractivity contribution >= 4 is 23.2 Å². The maximum Gasteiger partial charge on any atom is 0.231 e. The molecule has 15 heavy (non-hydrogen) atoms. The summed E-state index contributed by atoms with van der Waals surface area (Å²) in [7, 11) is 1.87. The van der Waals surface area contributed by atoms with Gasteiger partial charge in [-0.1, -0.05) is 23.7 Å². The maximum absolute atomic E-state index is 11.7. The van der Waals surface area contributed by atoms with Crippen LogP contribution in [0.5, 0.6) is 0 Å². The van der Waals surface area contributed by atoms with Gasteiger partial charge in [-0.15, -0.1) is 0 Å². The summed E-state index contributed by atoms with van der Waals surface area (Å²) in [5.74, 6) is 0.133. The fraction of sp³-hybridized carbons (Fsp3) is 0.364. The molecular weight excluding hydrogens is 212 g/mol. The van der Waals surface area contributed by atoms with E-state index < -0.39 is 0 Å². The Morgan fingerprint density at radius 2 is 2.33 bits per heavy atom. The fourth-order valence-corrected chi connectivity index (χ4v) is 2.14. The summed E-state index contributed by atoms with van der Waals surface area (Å²) < 4.78 is 0. The Kier molecular flexibility index (Phi) is 2.93. The average Bonchev–Trinajstić information content (AvgIpc) is 2.53. The first-order valence-corrected chi connectivity index (χ1v) is 5.34. The molecule has 0 radical (unpaired) electrons. The van der Waals surface area contributed by atoms with Gasteiger partial charge in [-0.2, -0.15) is 0 Å². The van der Waals surface area contributed by atoms with E-state index in [2.05, 4.69) is 5.32 Å². The van der Waals surface area contributed by atoms with Crippen LogP contribution in [-0.4, -0.2) is 26.0 Å². The van der Waals surface area contributed by atoms with E-state index in [-0.39, 0.29) is 5.91 Å². The monoisotopic (exact) mass is 224 g/mol. The second-order valence-electron chi connectivity index (χ2n) is 3.57. The number of nitrogens with one attached hydrogen (secondary N) is 1. The zero-order valence-electron chi connectivity index (χ0n) is 8.59. The molecule has 0 spiro atoms. The minimum atomic E-state index is 0.133. The molecule has 2 rings (SSSR count). The molecule has 1 heterocycles. The lowest BCUT2D eigenvalue weighted by Crippen LogP contribution is -2.33. The van der Waals surface area contributed by atoms with Crippen molar-refractivity contribution in [3.05, 3.63) is 28.8 Å². The lowest BCUT2D eigenvalue weighted by atomic mass is 10.2. The Morgan fingerprint density at radius 1 is 1.53 bits per heavy atom. The van der Waals surface area contributed by atoms with Crippen LogP contribution in [0.2, 0.25) is 5.02 Å². The van der Waals surface area contributed by atoms with Crippen molar-refractivity contribution in [3.8, 4) is 0 Å². The first kappa shape index (κ1) is 10.5. The van der Waals surface area contributed by atoms with E-state index in [9.17, 15) is 4.79 Å². The van der Waals surface area contributed by atoms with E-state index in [1.165, 1.54) is 0 Å². The smallest absolute Gasteiger partial charge is 0.231 e. The minimum absolute atomic E-state index is 0.133. The third kappa shape index (κ3) is 1.85. The van der Waals surface area contributed by atoms with Crippen molar-refractivity contribution in [2.45, 2.75) is 6.42 Å². The minimum Gasteiger partial charge on any atom is -0.318 e. The SMILES string of the molecule is CNCCN1C(=O)Cc2cccc(Cl)c21. The second-order valence-corrected chi connectivity index (χ2v) is 3.98. The molecule has 1 N–H and O–H groups in total. The van der Waals surface area contributed by atoms with Gasteiger partial charge in [0.1, 0.15) is 0 Å². The number of amides is 1. The van der Waals surface area contributed by atoms with Crippen LogP contribution in [0.15, 0.2) is 18.2 Å². The summed E-state index contributed by atoms with van der Waals surface area (Å²) in [5, 5.41) is 3.69. The molecule has 1 amide bonds. The number of hydrogen-bond donors (Lipinski definition) is 1. The zero-order valence-corrected chi connectivity index (χ0v) is 9.34. The van der Waals surface area contributed by atoms with E-state index in [0.717, 1.165) is 17.8 Å². The normalized spacial score (nSPS) is 14.5. The molecule has 0 saturated carbocycles. The first-order valence-electron chi connectivity index (χ1n) is 4.96. The van der Waals surface area contributed by atoms with E-state index in [1.54, 1.807) is 4.90 Å². The van der Waals surface area contributed by atoms with Crippen LogP contribution < -0.4 is 10.2 Å². The summed E-state index contributed by atoms with van der Waals surface area (Å²) in [5.41, 5.74) is 1.92. The largest absolute Gasteiger partial charge is 0.318 e. The number of anilines is 1. The third-order valence-corrected chi connectivity index (χ3v) is 2.87. The van der Waals surface area contributed by atoms with Gasteiger partial charge in [0, 0.05) is 13.1 Å². The molecule has 3 nitrogen and oxygen atoms in total. The highest BCUT2D eigenvalue weighted by Crippen LogP contribution is 2.35. The van der Waals surface area contributed by atoms with Crippen LogP contribution >= 0.6 is 11.6 Å². The van der Waals surface area contributed by atoms with Gasteiger partial charge in [-0.25, -0.2) is 0 Å². The zero-order chi connectivity index (χ0) is 10.8. The molecular formula is C11H13ClN2O. The van der Waals surface area contributed by atoms with Crippen LogP contribution in [-0.2, 0) is 11.2 Å². The summed E-state index contributed by atoms with van der Waals surface area (Å²) >= 11 is 6.09. The van der Waals surface area contributed by atoms with E-state index in [0.29, 0.717) is 18.0 Å². The fourth-order valence-electron chi connectivity index (χ4n) is 1.85. The average molecular weight is 225 g/mol. The van der Waals surface area contributed by atoms with E-state index in [1.807, 2.05) is 25.2 Å². The van der Waals surface area contributed by atoms with Crippen LogP contribution in [0.3, 0.4) is 0 Å². The number of halogens is 1. The van der Waals surface area contributed by atoms with Gasteiger partial charge in [0.15, 0.2) is 0 Å². The third-order valence-electron chi connectivity index (χ3n) is 2.57. The highest BCUT2D eigenvalue weighted by Gasteiger charge is 2.28. The highest BCUT2D eigenvalue weighted by atomic mass is 35.5. The van der Waals surface area contributed by atoms with Gasteiger partial charge in [0.2, 0.25) is 5.91 Å². The number of likely N-dealkylation sites (N-methyl/N-ethyl adjacent to an activating group) is 1. The number of benzene rings is 1. The van der Waals surface area contributed by atoms with Crippen LogP contribution in [0.25, 0.3) is 0 Å². The van der Waals surface area contributed by atoms with Crippen molar-refractivity contribution in [1.82, 2.24) is 5.32 Å². The van der Waals surface area contributed by atoms with E-state index >= 15 is 0 Å². The summed E-state index contributed by atoms with van der Waals surface area (Å²) in [6.07, 6.45) is 0.472. The van der Waals surface area contributed by atoms with Crippen molar-refractivity contribution in [1.29, 1.82) is 0 Å². The number of nitrogens with zero attached hydrogens (tertiary/aromatic N) is 1. The Balaban J connectivity index is 2.31. The summed E-state index contributed by atoms with van der Waals surface area (Å²) in [6.45, 7) is 1.45. The Hall–Kier alpha value is -1.06. The van der Waals surface area contributed by atoms with Crippen molar-refractivity contribution in [2.24, 2.45) is 0 Å². The molecule has 0 aliphatic carbocycles. The predicted octanol–water partition coefficient (Wildman–Crippen LogP) is 1.45. The van der Waals surface area contributed by atoms with Crippen LogP contribution in [0, 0.1) is 0 Å². The second kappa shape index (κ2) is 4.21. The number of para-hydroxylation sites is 1. The van der Waals surface area contributed by atoms with Gasteiger partial charge in [-0.05, 0) is 18.7 Å². The highest BCUT2D eigenvalue weighted by molar-refractivity contribution is 6.34. The molecule has 80 valence electrons. The lowest BCUT2D eigenvalue weighted by Gasteiger charge is -2.18. The standard InChI is InChI=1S/C11H13ClN2O/c1-13-5-6-14-10(15)7-8-3-2-4-9(12)11(8)14/h2-4,13H,5-7H2,1H3. The molecule has 1 aliphatic heterocycles. The molecule has 0 aromatic heterocycles. The maximum atomic E-state index is 11.7. The molecule has 4 heteroatoms. The number of fused-ring (bicyclic) bond motifs is 1. The number of carbonyl (C=O) groups is 1. The molecule has 0 bridgehead atoms. The van der Waals surface area contributed by atoms with Crippen molar-refractivity contribution in [3.63, 3.8) is 0 Å². The van der Waals surface area contributed by atoms with Crippen LogP contribution in [0.4, 0.5) is 5.69 Å². The van der Waals surface area contributed by atoms with Gasteiger partial charge in [0.05, 0.1) is 17.1 Å². The Bertz CT molecular complexity index is 392. The molecule has 1 aromatic rings. The van der Waals surface area contributed by atoms with Crippen molar-refractivity contribution in [2.75, 3.05) is 25.0 Å². The first-order chi connectivity index (χ1) is 7.24. The van der Waals surface area contributed by atoms with Crippen LogP contribution in [0.1, 0.15) is 5.56 Å². The molecule has 1 aromatic carbocycles. The van der Waals surface area contributed by atoms with E-state index in [4.69, 9.17) is 11.6 Å². The Morgan fingerprint density at radius 3 is 3.07 bits per heavy atom. The van der Waals surface area contributed by atoms with Crippen molar-refractivity contribution < 1.29 is 4.79 Å². The van der Waals surface area contributed by atoms with Gasteiger partial charge >= 0.3 is 0 Å². The molecule has 1 aliphatic rings. The predicted molar refractivity (Wildman–Crippen MR) is 61.4 cm³/mol. The molecule has 0 unspecified atom stereocenters. The molecule has 0 saturated heterocycles. The van der Waals surface area contributed by atoms with Gasteiger partial charge in [0.25, 0.3) is 0 Å². The Labute approximate surface area is 94.0 Å². The summed E-state index contributed by atoms with van der Waals surface area (Å²) in [6, 6.07) is 5.67. The topological polar surface area (TPSA) is 32.3 Å². The number of hydrogen-bond acceptors (Lipinski definition) is 2. The molecule has 0 fully saturated rings. The number of rotatable bonds is 3. The summed E-state index contributed by atoms with van der Waals surface area (Å²) in [4.78, 5) is 13.5.